The molecule has 0 aliphatic rings. The van der Waals surface area contributed by atoms with Crippen molar-refractivity contribution in [2.45, 2.75) is 26.2 Å². The molecule has 0 bridgehead atoms. The summed E-state index contributed by atoms with van der Waals surface area (Å²) in [5.74, 6) is -0.474. The summed E-state index contributed by atoms with van der Waals surface area (Å²) >= 11 is 12.1. The van der Waals surface area contributed by atoms with Crippen molar-refractivity contribution in [2.24, 2.45) is 0 Å². The number of carbonyl (C=O) groups is 1. The van der Waals surface area contributed by atoms with E-state index in [4.69, 9.17) is 23.2 Å². The SMILES string of the molecule is CCCCc1ccc(NC(=O)CN(c2cc(Cl)ccc2Cl)S(C)(=O)=O)cc1. The first kappa shape index (κ1) is 21.5. The Kier molecular flexibility index (Phi) is 7.53. The van der Waals surface area contributed by atoms with Crippen molar-refractivity contribution in [3.05, 3.63) is 58.1 Å². The molecule has 1 amide bonds. The molecule has 0 atom stereocenters. The summed E-state index contributed by atoms with van der Waals surface area (Å²) in [6, 6.07) is 12.0. The van der Waals surface area contributed by atoms with Crippen molar-refractivity contribution < 1.29 is 13.2 Å². The van der Waals surface area contributed by atoms with E-state index in [1.165, 1.54) is 17.7 Å². The minimum Gasteiger partial charge on any atom is -0.325 e. The van der Waals surface area contributed by atoms with Gasteiger partial charge in [-0.15, -0.1) is 0 Å². The van der Waals surface area contributed by atoms with Crippen LogP contribution in [0.25, 0.3) is 0 Å². The molecule has 27 heavy (non-hydrogen) atoms. The van der Waals surface area contributed by atoms with E-state index >= 15 is 0 Å². The molecule has 0 radical (unpaired) electrons. The van der Waals surface area contributed by atoms with Gasteiger partial charge < -0.3 is 5.32 Å². The van der Waals surface area contributed by atoms with E-state index in [2.05, 4.69) is 12.2 Å². The predicted molar refractivity (Wildman–Crippen MR) is 112 cm³/mol. The molecule has 5 nitrogen and oxygen atoms in total. The third-order valence-corrected chi connectivity index (χ3v) is 5.60. The third kappa shape index (κ3) is 6.41. The number of nitrogens with zero attached hydrogens (tertiary/aromatic N) is 1. The lowest BCUT2D eigenvalue weighted by atomic mass is 10.1. The van der Waals surface area contributed by atoms with Crippen LogP contribution < -0.4 is 9.62 Å². The number of unbranched alkanes of at least 4 members (excludes halogenated alkanes) is 1. The highest BCUT2D eigenvalue weighted by atomic mass is 35.5. The Morgan fingerprint density at radius 2 is 1.78 bits per heavy atom. The minimum atomic E-state index is -3.73. The molecule has 0 heterocycles. The van der Waals surface area contributed by atoms with Gasteiger partial charge in [-0.05, 0) is 48.7 Å². The molecule has 0 unspecified atom stereocenters. The van der Waals surface area contributed by atoms with Gasteiger partial charge in [0.15, 0.2) is 0 Å². The van der Waals surface area contributed by atoms with Crippen molar-refractivity contribution in [3.8, 4) is 0 Å². The molecule has 2 aromatic rings. The summed E-state index contributed by atoms with van der Waals surface area (Å²) in [7, 11) is -3.73. The van der Waals surface area contributed by atoms with Crippen LogP contribution in [0.4, 0.5) is 11.4 Å². The highest BCUT2D eigenvalue weighted by Gasteiger charge is 2.23. The van der Waals surface area contributed by atoms with E-state index in [1.54, 1.807) is 18.2 Å². The molecular weight excluding hydrogens is 407 g/mol. The summed E-state index contributed by atoms with van der Waals surface area (Å²) in [5, 5.41) is 3.23. The molecule has 0 saturated carbocycles. The summed E-state index contributed by atoms with van der Waals surface area (Å²) in [6.45, 7) is 1.73. The number of aryl methyl sites for hydroxylation is 1. The maximum absolute atomic E-state index is 12.4. The zero-order valence-corrected chi connectivity index (χ0v) is 17.5. The lowest BCUT2D eigenvalue weighted by Gasteiger charge is -2.23. The topological polar surface area (TPSA) is 66.5 Å². The lowest BCUT2D eigenvalue weighted by molar-refractivity contribution is -0.114. The number of anilines is 2. The van der Waals surface area contributed by atoms with Crippen LogP contribution in [-0.2, 0) is 21.2 Å². The Hall–Kier alpha value is -1.76. The highest BCUT2D eigenvalue weighted by molar-refractivity contribution is 7.92. The summed E-state index contributed by atoms with van der Waals surface area (Å²) in [5.41, 5.74) is 1.96. The predicted octanol–water partition coefficient (Wildman–Crippen LogP) is 4.74. The Morgan fingerprint density at radius 3 is 2.37 bits per heavy atom. The van der Waals surface area contributed by atoms with Gasteiger partial charge in [0, 0.05) is 10.7 Å². The number of amides is 1. The van der Waals surface area contributed by atoms with Gasteiger partial charge in [-0.2, -0.15) is 0 Å². The van der Waals surface area contributed by atoms with Crippen molar-refractivity contribution >= 4 is 50.5 Å². The molecule has 146 valence electrons. The molecule has 0 spiro atoms. The van der Waals surface area contributed by atoms with Crippen molar-refractivity contribution in [1.82, 2.24) is 0 Å². The molecule has 1 N–H and O–H groups in total. The number of hydrogen-bond donors (Lipinski definition) is 1. The Bertz CT molecular complexity index is 900. The lowest BCUT2D eigenvalue weighted by Crippen LogP contribution is -2.37. The van der Waals surface area contributed by atoms with Gasteiger partial charge in [0.25, 0.3) is 0 Å². The normalized spacial score (nSPS) is 11.3. The zero-order valence-electron chi connectivity index (χ0n) is 15.2. The van der Waals surface area contributed by atoms with Crippen LogP contribution in [0.15, 0.2) is 42.5 Å². The maximum Gasteiger partial charge on any atom is 0.245 e. The van der Waals surface area contributed by atoms with E-state index < -0.39 is 22.5 Å². The molecule has 0 aromatic heterocycles. The largest absolute Gasteiger partial charge is 0.325 e. The number of carbonyl (C=O) groups excluding carboxylic acids is 1. The monoisotopic (exact) mass is 428 g/mol. The van der Waals surface area contributed by atoms with Gasteiger partial charge >= 0.3 is 0 Å². The first-order chi connectivity index (χ1) is 12.7. The fraction of sp³-hybridized carbons (Fsp3) is 0.316. The minimum absolute atomic E-state index is 0.164. The quantitative estimate of drug-likeness (QED) is 0.659. The van der Waals surface area contributed by atoms with Crippen LogP contribution in [0.1, 0.15) is 25.3 Å². The highest BCUT2D eigenvalue weighted by Crippen LogP contribution is 2.30. The van der Waals surface area contributed by atoms with E-state index in [9.17, 15) is 13.2 Å². The van der Waals surface area contributed by atoms with E-state index in [-0.39, 0.29) is 10.7 Å². The molecule has 0 saturated heterocycles. The van der Waals surface area contributed by atoms with E-state index in [1.807, 2.05) is 12.1 Å². The van der Waals surface area contributed by atoms with Gasteiger partial charge in [-0.1, -0.05) is 48.7 Å². The number of rotatable bonds is 8. The maximum atomic E-state index is 12.4. The standard InChI is InChI=1S/C19H22Cl2N2O3S/c1-3-4-5-14-6-9-16(10-7-14)22-19(24)13-23(27(2,25)26)18-12-15(20)8-11-17(18)21/h6-12H,3-5,13H2,1-2H3,(H,22,24). The van der Waals surface area contributed by atoms with Crippen LogP contribution in [0, 0.1) is 0 Å². The number of hydrogen-bond acceptors (Lipinski definition) is 3. The molecule has 8 heteroatoms. The number of benzene rings is 2. The Balaban J connectivity index is 2.14. The van der Waals surface area contributed by atoms with Gasteiger partial charge in [0.05, 0.1) is 17.0 Å². The van der Waals surface area contributed by atoms with Crippen molar-refractivity contribution in [2.75, 3.05) is 22.4 Å². The number of sulfonamides is 1. The molecule has 0 aliphatic carbocycles. The van der Waals surface area contributed by atoms with Gasteiger partial charge in [0.2, 0.25) is 15.9 Å². The van der Waals surface area contributed by atoms with Crippen LogP contribution in [-0.4, -0.2) is 27.1 Å². The fourth-order valence-electron chi connectivity index (χ4n) is 2.52. The smallest absolute Gasteiger partial charge is 0.245 e. The second-order valence-corrected chi connectivity index (χ2v) is 8.96. The molecule has 0 fully saturated rings. The molecule has 0 aliphatic heterocycles. The zero-order chi connectivity index (χ0) is 20.0. The number of halogens is 2. The van der Waals surface area contributed by atoms with Crippen LogP contribution in [0.2, 0.25) is 10.0 Å². The average molecular weight is 429 g/mol. The van der Waals surface area contributed by atoms with Crippen molar-refractivity contribution in [3.63, 3.8) is 0 Å². The van der Waals surface area contributed by atoms with Crippen LogP contribution in [0.3, 0.4) is 0 Å². The second kappa shape index (κ2) is 9.44. The van der Waals surface area contributed by atoms with Gasteiger partial charge in [-0.3, -0.25) is 9.10 Å². The Labute approximate surface area is 170 Å². The third-order valence-electron chi connectivity index (χ3n) is 3.92. The Morgan fingerprint density at radius 1 is 1.11 bits per heavy atom. The fourth-order valence-corrected chi connectivity index (χ4v) is 3.82. The summed E-state index contributed by atoms with van der Waals surface area (Å²) in [4.78, 5) is 12.4. The van der Waals surface area contributed by atoms with Gasteiger partial charge in [0.1, 0.15) is 6.54 Å². The molecule has 2 aromatic carbocycles. The van der Waals surface area contributed by atoms with E-state index in [0.29, 0.717) is 10.7 Å². The molecular formula is C19H22Cl2N2O3S. The number of nitrogens with one attached hydrogen (secondary N) is 1. The first-order valence-corrected chi connectivity index (χ1v) is 11.1. The summed E-state index contributed by atoms with van der Waals surface area (Å²) < 4.78 is 25.3. The van der Waals surface area contributed by atoms with E-state index in [0.717, 1.165) is 29.8 Å². The second-order valence-electron chi connectivity index (χ2n) is 6.21. The first-order valence-electron chi connectivity index (χ1n) is 8.52. The van der Waals surface area contributed by atoms with Crippen LogP contribution in [0.5, 0.6) is 0 Å². The van der Waals surface area contributed by atoms with Gasteiger partial charge in [-0.25, -0.2) is 8.42 Å². The van der Waals surface area contributed by atoms with Crippen LogP contribution >= 0.6 is 23.2 Å². The van der Waals surface area contributed by atoms with Crippen molar-refractivity contribution in [1.29, 1.82) is 0 Å². The average Bonchev–Trinajstić information content (AvgIpc) is 2.60. The summed E-state index contributed by atoms with van der Waals surface area (Å²) in [6.07, 6.45) is 4.22. The molecule has 2 rings (SSSR count).